The molecule has 1 aromatic heterocycles. The van der Waals surface area contributed by atoms with Crippen molar-refractivity contribution >= 4 is 28.3 Å². The van der Waals surface area contributed by atoms with Crippen LogP contribution in [0.15, 0.2) is 48.5 Å². The largest absolute Gasteiger partial charge is 0.493 e. The van der Waals surface area contributed by atoms with Gasteiger partial charge >= 0.3 is 0 Å². The minimum Gasteiger partial charge on any atom is -0.493 e. The topological polar surface area (TPSA) is 54.5 Å². The van der Waals surface area contributed by atoms with E-state index in [9.17, 15) is 4.79 Å². The molecule has 0 spiro atoms. The van der Waals surface area contributed by atoms with Gasteiger partial charge in [-0.2, -0.15) is 0 Å². The molecular weight excluding hydrogens is 350 g/mol. The van der Waals surface area contributed by atoms with Gasteiger partial charge in [0.25, 0.3) is 5.91 Å². The zero-order valence-electron chi connectivity index (χ0n) is 17.0. The van der Waals surface area contributed by atoms with Crippen LogP contribution in [0.2, 0.25) is 0 Å². The number of anilines is 2. The summed E-state index contributed by atoms with van der Waals surface area (Å²) in [4.78, 5) is 19.8. The van der Waals surface area contributed by atoms with Gasteiger partial charge in [0.2, 0.25) is 0 Å². The van der Waals surface area contributed by atoms with Crippen molar-refractivity contribution in [3.05, 3.63) is 59.7 Å². The van der Waals surface area contributed by atoms with E-state index in [1.807, 2.05) is 43.3 Å². The van der Waals surface area contributed by atoms with Gasteiger partial charge in [-0.05, 0) is 69.7 Å². The Morgan fingerprint density at radius 2 is 1.82 bits per heavy atom. The number of nitrogens with zero attached hydrogens (tertiary/aromatic N) is 2. The molecule has 3 rings (SSSR count). The number of rotatable bonds is 7. The van der Waals surface area contributed by atoms with Gasteiger partial charge in [-0.25, -0.2) is 4.98 Å². The van der Waals surface area contributed by atoms with Crippen LogP contribution < -0.4 is 15.0 Å². The number of amides is 1. The highest BCUT2D eigenvalue weighted by atomic mass is 16.5. The van der Waals surface area contributed by atoms with Crippen LogP contribution in [0.5, 0.6) is 5.75 Å². The summed E-state index contributed by atoms with van der Waals surface area (Å²) in [6, 6.07) is 15.2. The highest BCUT2D eigenvalue weighted by molar-refractivity contribution is 6.07. The Kier molecular flexibility index (Phi) is 6.14. The predicted octanol–water partition coefficient (Wildman–Crippen LogP) is 5.04. The SMILES string of the molecule is CCOc1ccccc1C(=O)Nc1ccc2nc(N(CC)CC)cc(C)c2c1. The number of aromatic nitrogens is 1. The van der Waals surface area contributed by atoms with Crippen LogP contribution in [-0.4, -0.2) is 30.6 Å². The summed E-state index contributed by atoms with van der Waals surface area (Å²) in [5.41, 5.74) is 3.33. The number of aryl methyl sites for hydroxylation is 1. The maximum atomic E-state index is 12.7. The predicted molar refractivity (Wildman–Crippen MR) is 116 cm³/mol. The van der Waals surface area contributed by atoms with Gasteiger partial charge in [-0.1, -0.05) is 12.1 Å². The lowest BCUT2D eigenvalue weighted by Crippen LogP contribution is -2.23. The van der Waals surface area contributed by atoms with Crippen LogP contribution >= 0.6 is 0 Å². The Balaban J connectivity index is 1.90. The molecule has 0 saturated carbocycles. The first-order valence-electron chi connectivity index (χ1n) is 9.76. The van der Waals surface area contributed by atoms with E-state index < -0.39 is 0 Å². The molecule has 0 fully saturated rings. The number of carbonyl (C=O) groups excluding carboxylic acids is 1. The van der Waals surface area contributed by atoms with Crippen molar-refractivity contribution in [2.45, 2.75) is 27.7 Å². The van der Waals surface area contributed by atoms with Crippen molar-refractivity contribution in [2.24, 2.45) is 0 Å². The second-order valence-electron chi connectivity index (χ2n) is 6.58. The van der Waals surface area contributed by atoms with Crippen LogP contribution in [0, 0.1) is 6.92 Å². The molecule has 3 aromatic rings. The minimum absolute atomic E-state index is 0.186. The lowest BCUT2D eigenvalue weighted by Gasteiger charge is -2.21. The van der Waals surface area contributed by atoms with E-state index in [-0.39, 0.29) is 5.91 Å². The maximum absolute atomic E-state index is 12.7. The number of para-hydroxylation sites is 1. The number of hydrogen-bond acceptors (Lipinski definition) is 4. The van der Waals surface area contributed by atoms with Crippen molar-refractivity contribution in [2.75, 3.05) is 29.9 Å². The Morgan fingerprint density at radius 3 is 2.54 bits per heavy atom. The number of fused-ring (bicyclic) bond motifs is 1. The number of carbonyl (C=O) groups is 1. The number of ether oxygens (including phenoxy) is 1. The molecule has 146 valence electrons. The third-order valence-electron chi connectivity index (χ3n) is 4.78. The van der Waals surface area contributed by atoms with Crippen LogP contribution in [0.25, 0.3) is 10.9 Å². The molecule has 0 atom stereocenters. The second kappa shape index (κ2) is 8.74. The second-order valence-corrected chi connectivity index (χ2v) is 6.58. The Hall–Kier alpha value is -3.08. The monoisotopic (exact) mass is 377 g/mol. The van der Waals surface area contributed by atoms with E-state index in [1.54, 1.807) is 6.07 Å². The molecule has 0 aliphatic rings. The van der Waals surface area contributed by atoms with Crippen molar-refractivity contribution in [3.63, 3.8) is 0 Å². The molecule has 0 aliphatic carbocycles. The first kappa shape index (κ1) is 19.7. The van der Waals surface area contributed by atoms with Crippen molar-refractivity contribution in [1.29, 1.82) is 0 Å². The van der Waals surface area contributed by atoms with Crippen LogP contribution in [0.4, 0.5) is 11.5 Å². The molecule has 1 heterocycles. The number of pyridine rings is 1. The lowest BCUT2D eigenvalue weighted by molar-refractivity contribution is 0.102. The minimum atomic E-state index is -0.186. The molecule has 1 N–H and O–H groups in total. The molecule has 0 radical (unpaired) electrons. The molecule has 28 heavy (non-hydrogen) atoms. The highest BCUT2D eigenvalue weighted by Gasteiger charge is 2.13. The first-order chi connectivity index (χ1) is 13.6. The summed E-state index contributed by atoms with van der Waals surface area (Å²) in [6.45, 7) is 10.6. The van der Waals surface area contributed by atoms with E-state index in [0.717, 1.165) is 41.1 Å². The molecule has 0 unspecified atom stereocenters. The van der Waals surface area contributed by atoms with Gasteiger partial charge in [-0.15, -0.1) is 0 Å². The normalized spacial score (nSPS) is 10.7. The number of nitrogens with one attached hydrogen (secondary N) is 1. The molecule has 5 nitrogen and oxygen atoms in total. The van der Waals surface area contributed by atoms with Crippen LogP contribution in [0.1, 0.15) is 36.7 Å². The summed E-state index contributed by atoms with van der Waals surface area (Å²) in [5.74, 6) is 1.39. The van der Waals surface area contributed by atoms with Crippen LogP contribution in [-0.2, 0) is 0 Å². The van der Waals surface area contributed by atoms with Gasteiger partial charge in [0.1, 0.15) is 11.6 Å². The standard InChI is InChI=1S/C23H27N3O2/c1-5-26(6-2)22-14-16(4)19-15-17(12-13-20(19)25-22)24-23(27)18-10-8-9-11-21(18)28-7-3/h8-15H,5-7H2,1-4H3,(H,24,27). The van der Waals surface area contributed by atoms with Crippen LogP contribution in [0.3, 0.4) is 0 Å². The van der Waals surface area contributed by atoms with Crippen molar-refractivity contribution in [3.8, 4) is 5.75 Å². The average Bonchev–Trinajstić information content (AvgIpc) is 2.70. The van der Waals surface area contributed by atoms with E-state index in [4.69, 9.17) is 9.72 Å². The smallest absolute Gasteiger partial charge is 0.259 e. The summed E-state index contributed by atoms with van der Waals surface area (Å²) in [7, 11) is 0. The Morgan fingerprint density at radius 1 is 1.07 bits per heavy atom. The zero-order valence-corrected chi connectivity index (χ0v) is 17.0. The number of benzene rings is 2. The molecule has 1 amide bonds. The van der Waals surface area contributed by atoms with Gasteiger partial charge in [-0.3, -0.25) is 4.79 Å². The van der Waals surface area contributed by atoms with Crippen molar-refractivity contribution in [1.82, 2.24) is 4.98 Å². The van der Waals surface area contributed by atoms with Gasteiger partial charge in [0.05, 0.1) is 17.7 Å². The molecule has 0 bridgehead atoms. The maximum Gasteiger partial charge on any atom is 0.259 e. The zero-order chi connectivity index (χ0) is 20.1. The Bertz CT molecular complexity index is 981. The first-order valence-corrected chi connectivity index (χ1v) is 9.76. The van der Waals surface area contributed by atoms with Crippen molar-refractivity contribution < 1.29 is 9.53 Å². The summed E-state index contributed by atoms with van der Waals surface area (Å²) in [6.07, 6.45) is 0. The fourth-order valence-electron chi connectivity index (χ4n) is 3.30. The summed E-state index contributed by atoms with van der Waals surface area (Å²) >= 11 is 0. The summed E-state index contributed by atoms with van der Waals surface area (Å²) in [5, 5.41) is 4.01. The lowest BCUT2D eigenvalue weighted by atomic mass is 10.1. The highest BCUT2D eigenvalue weighted by Crippen LogP contribution is 2.26. The summed E-state index contributed by atoms with van der Waals surface area (Å²) < 4.78 is 5.57. The third-order valence-corrected chi connectivity index (χ3v) is 4.78. The fourth-order valence-corrected chi connectivity index (χ4v) is 3.30. The van der Waals surface area contributed by atoms with E-state index in [0.29, 0.717) is 17.9 Å². The van der Waals surface area contributed by atoms with Gasteiger partial charge in [0, 0.05) is 24.2 Å². The quantitative estimate of drug-likeness (QED) is 0.627. The fraction of sp³-hybridized carbons (Fsp3) is 0.304. The molecular formula is C23H27N3O2. The van der Waals surface area contributed by atoms with E-state index in [2.05, 4.69) is 37.1 Å². The molecule has 0 saturated heterocycles. The van der Waals surface area contributed by atoms with E-state index >= 15 is 0 Å². The average molecular weight is 377 g/mol. The Labute approximate surface area is 166 Å². The van der Waals surface area contributed by atoms with Gasteiger partial charge < -0.3 is 15.0 Å². The molecule has 5 heteroatoms. The molecule has 2 aromatic carbocycles. The van der Waals surface area contributed by atoms with Gasteiger partial charge in [0.15, 0.2) is 0 Å². The third kappa shape index (κ3) is 4.09. The number of hydrogen-bond donors (Lipinski definition) is 1. The molecule has 0 aliphatic heterocycles. The van der Waals surface area contributed by atoms with E-state index in [1.165, 1.54) is 0 Å².